The Morgan fingerprint density at radius 3 is 1.85 bits per heavy atom. The fourth-order valence-electron chi connectivity index (χ4n) is 0.280. The summed E-state index contributed by atoms with van der Waals surface area (Å²) >= 11 is 0. The smallest absolute Gasteiger partial charge is 0.211 e. The van der Waals surface area contributed by atoms with Crippen molar-refractivity contribution in [3.05, 3.63) is 0 Å². The minimum atomic E-state index is -3.75. The normalized spacial score (nSPS) is 13.5. The Morgan fingerprint density at radius 2 is 1.54 bits per heavy atom. The molecule has 0 rings (SSSR count). The fourth-order valence-corrected chi connectivity index (χ4v) is 1.54. The molecule has 80 valence electrons. The Kier molecular flexibility index (Phi) is 4.26. The summed E-state index contributed by atoms with van der Waals surface area (Å²) in [5.41, 5.74) is 0. The van der Waals surface area contributed by atoms with E-state index in [1.807, 2.05) is 0 Å². The van der Waals surface area contributed by atoms with Crippen molar-refractivity contribution >= 4 is 20.2 Å². The van der Waals surface area contributed by atoms with Gasteiger partial charge in [0.15, 0.2) is 0 Å². The molecule has 0 aromatic rings. The largest absolute Gasteiger partial charge is 0.292 e. The van der Waals surface area contributed by atoms with Crippen LogP contribution < -0.4 is 9.66 Å². The molecular formula is C4H13N3O4S2. The Bertz CT molecular complexity index is 344. The first-order chi connectivity index (χ1) is 5.71. The molecule has 0 bridgehead atoms. The number of hydrogen-bond acceptors (Lipinski definition) is 4. The second-order valence-electron chi connectivity index (χ2n) is 2.39. The van der Waals surface area contributed by atoms with Gasteiger partial charge in [0.05, 0.1) is 5.75 Å². The average Bonchev–Trinajstić information content (AvgIpc) is 2.01. The van der Waals surface area contributed by atoms with Crippen LogP contribution in [0.1, 0.15) is 6.92 Å². The van der Waals surface area contributed by atoms with Crippen molar-refractivity contribution in [2.75, 3.05) is 19.8 Å². The molecule has 2 N–H and O–H groups in total. The first-order valence-electron chi connectivity index (χ1n) is 3.40. The molecule has 0 heterocycles. The summed E-state index contributed by atoms with van der Waals surface area (Å²) in [6.07, 6.45) is 0. The second-order valence-corrected chi connectivity index (χ2v) is 6.29. The summed E-state index contributed by atoms with van der Waals surface area (Å²) in [6, 6.07) is 0. The van der Waals surface area contributed by atoms with Crippen LogP contribution in [-0.2, 0) is 20.2 Å². The summed E-state index contributed by atoms with van der Waals surface area (Å²) in [7, 11) is -4.74. The lowest BCUT2D eigenvalue weighted by Gasteiger charge is -2.12. The molecule has 0 saturated carbocycles. The summed E-state index contributed by atoms with van der Waals surface area (Å²) in [5.74, 6) is -0.192. The quantitative estimate of drug-likeness (QED) is 0.548. The number of rotatable bonds is 5. The van der Waals surface area contributed by atoms with E-state index in [-0.39, 0.29) is 5.75 Å². The van der Waals surface area contributed by atoms with Crippen molar-refractivity contribution in [1.82, 2.24) is 14.0 Å². The molecule has 0 aliphatic carbocycles. The van der Waals surface area contributed by atoms with Gasteiger partial charge >= 0.3 is 0 Å². The van der Waals surface area contributed by atoms with Gasteiger partial charge in [0.2, 0.25) is 10.0 Å². The van der Waals surface area contributed by atoms with E-state index < -0.39 is 20.2 Å². The van der Waals surface area contributed by atoms with E-state index in [2.05, 4.69) is 0 Å². The van der Waals surface area contributed by atoms with Gasteiger partial charge in [-0.3, -0.25) is 0 Å². The van der Waals surface area contributed by atoms with Gasteiger partial charge in [0.1, 0.15) is 0 Å². The molecule has 0 unspecified atom stereocenters. The highest BCUT2D eigenvalue weighted by Gasteiger charge is 2.15. The molecule has 0 aliphatic rings. The molecular weight excluding hydrogens is 218 g/mol. The van der Waals surface area contributed by atoms with E-state index in [0.717, 1.165) is 4.31 Å². The van der Waals surface area contributed by atoms with Gasteiger partial charge in [-0.05, 0) is 6.92 Å². The van der Waals surface area contributed by atoms with Crippen molar-refractivity contribution < 1.29 is 16.8 Å². The minimum absolute atomic E-state index is 0.192. The van der Waals surface area contributed by atoms with E-state index in [9.17, 15) is 16.8 Å². The van der Waals surface area contributed by atoms with Crippen LogP contribution in [0.25, 0.3) is 0 Å². The molecule has 9 heteroatoms. The average molecular weight is 231 g/mol. The SMILES string of the molecule is CCS(=O)(=O)NNS(=O)(=O)N(C)C. The number of hydrazine groups is 1. The van der Waals surface area contributed by atoms with Crippen LogP contribution in [0.15, 0.2) is 0 Å². The van der Waals surface area contributed by atoms with E-state index in [1.165, 1.54) is 21.0 Å². The molecule has 0 aromatic heterocycles. The van der Waals surface area contributed by atoms with Gasteiger partial charge in [-0.1, -0.05) is 0 Å². The van der Waals surface area contributed by atoms with E-state index in [0.29, 0.717) is 0 Å². The first-order valence-corrected chi connectivity index (χ1v) is 6.49. The van der Waals surface area contributed by atoms with Crippen molar-refractivity contribution in [2.24, 2.45) is 0 Å². The van der Waals surface area contributed by atoms with Crippen LogP contribution in [-0.4, -0.2) is 41.0 Å². The third-order valence-electron chi connectivity index (χ3n) is 1.19. The van der Waals surface area contributed by atoms with Crippen LogP contribution >= 0.6 is 0 Å². The van der Waals surface area contributed by atoms with Gasteiger partial charge < -0.3 is 0 Å². The number of hydrogen-bond donors (Lipinski definition) is 2. The summed E-state index contributed by atoms with van der Waals surface area (Å²) in [4.78, 5) is 3.43. The monoisotopic (exact) mass is 231 g/mol. The molecule has 13 heavy (non-hydrogen) atoms. The van der Waals surface area contributed by atoms with Crippen LogP contribution in [0.4, 0.5) is 0 Å². The lowest BCUT2D eigenvalue weighted by Crippen LogP contribution is -2.47. The molecule has 7 nitrogen and oxygen atoms in total. The molecule has 0 fully saturated rings. The van der Waals surface area contributed by atoms with Crippen LogP contribution in [0.5, 0.6) is 0 Å². The minimum Gasteiger partial charge on any atom is -0.211 e. The lowest BCUT2D eigenvalue weighted by atomic mass is 11.0. The Balaban J connectivity index is 4.37. The molecule has 0 amide bonds. The van der Waals surface area contributed by atoms with Gasteiger partial charge in [-0.2, -0.15) is 12.7 Å². The first kappa shape index (κ1) is 12.8. The summed E-state index contributed by atoms with van der Waals surface area (Å²) < 4.78 is 44.4. The maximum Gasteiger partial charge on any atom is 0.292 e. The molecule has 0 aromatic carbocycles. The van der Waals surface area contributed by atoms with Crippen molar-refractivity contribution in [2.45, 2.75) is 6.92 Å². The maximum atomic E-state index is 11.0. The lowest BCUT2D eigenvalue weighted by molar-refractivity contribution is 0.498. The van der Waals surface area contributed by atoms with Crippen LogP contribution in [0, 0.1) is 0 Å². The Morgan fingerprint density at radius 1 is 1.08 bits per heavy atom. The number of sulfonamides is 1. The van der Waals surface area contributed by atoms with Crippen molar-refractivity contribution in [3.63, 3.8) is 0 Å². The molecule has 0 saturated heterocycles. The number of nitrogens with zero attached hydrogens (tertiary/aromatic N) is 1. The highest BCUT2D eigenvalue weighted by atomic mass is 32.2. The molecule has 0 atom stereocenters. The van der Waals surface area contributed by atoms with Gasteiger partial charge in [-0.15, -0.1) is 9.66 Å². The van der Waals surface area contributed by atoms with E-state index >= 15 is 0 Å². The van der Waals surface area contributed by atoms with Crippen LogP contribution in [0.2, 0.25) is 0 Å². The molecule has 0 spiro atoms. The maximum absolute atomic E-state index is 11.0. The zero-order chi connectivity index (χ0) is 10.7. The Hall–Kier alpha value is -0.220. The highest BCUT2D eigenvalue weighted by Crippen LogP contribution is 1.87. The summed E-state index contributed by atoms with van der Waals surface area (Å²) in [6.45, 7) is 1.40. The third kappa shape index (κ3) is 4.52. The number of nitrogens with one attached hydrogen (secondary N) is 2. The highest BCUT2D eigenvalue weighted by molar-refractivity contribution is 7.91. The molecule has 0 aliphatic heterocycles. The van der Waals surface area contributed by atoms with E-state index in [4.69, 9.17) is 0 Å². The predicted molar refractivity (Wildman–Crippen MR) is 48.3 cm³/mol. The summed E-state index contributed by atoms with van der Waals surface area (Å²) in [5, 5.41) is 0. The van der Waals surface area contributed by atoms with Crippen molar-refractivity contribution in [1.29, 1.82) is 0 Å². The second kappa shape index (κ2) is 4.33. The zero-order valence-corrected chi connectivity index (χ0v) is 9.24. The van der Waals surface area contributed by atoms with Gasteiger partial charge in [0.25, 0.3) is 10.2 Å². The van der Waals surface area contributed by atoms with Gasteiger partial charge in [-0.25, -0.2) is 8.42 Å². The predicted octanol–water partition coefficient (Wildman–Crippen LogP) is -1.76. The fraction of sp³-hybridized carbons (Fsp3) is 1.00. The molecule has 0 radical (unpaired) electrons. The topological polar surface area (TPSA) is 95.6 Å². The van der Waals surface area contributed by atoms with Crippen molar-refractivity contribution in [3.8, 4) is 0 Å². The van der Waals surface area contributed by atoms with Crippen LogP contribution in [0.3, 0.4) is 0 Å². The third-order valence-corrected chi connectivity index (χ3v) is 3.81. The standard InChI is InChI=1S/C4H13N3O4S2/c1-4-12(8,9)5-6-13(10,11)7(2)3/h5-6H,4H2,1-3H3. The van der Waals surface area contributed by atoms with Gasteiger partial charge in [0, 0.05) is 14.1 Å². The zero-order valence-electron chi connectivity index (χ0n) is 7.60. The van der Waals surface area contributed by atoms with E-state index in [1.54, 1.807) is 9.66 Å². The Labute approximate surface area is 78.3 Å².